The summed E-state index contributed by atoms with van der Waals surface area (Å²) in [6, 6.07) is 6.87. The Morgan fingerprint density at radius 2 is 1.95 bits per heavy atom. The lowest BCUT2D eigenvalue weighted by molar-refractivity contribution is -0.140. The summed E-state index contributed by atoms with van der Waals surface area (Å²) in [5.74, 6) is -0.512. The van der Waals surface area contributed by atoms with E-state index in [1.165, 1.54) is 7.11 Å². The van der Waals surface area contributed by atoms with E-state index in [2.05, 4.69) is 4.74 Å². The number of esters is 1. The topological polar surface area (TPSA) is 46.6 Å². The van der Waals surface area contributed by atoms with E-state index < -0.39 is 0 Å². The first-order chi connectivity index (χ1) is 8.97. The van der Waals surface area contributed by atoms with Crippen molar-refractivity contribution in [3.63, 3.8) is 0 Å². The second kappa shape index (κ2) is 7.14. The van der Waals surface area contributed by atoms with Crippen LogP contribution < -0.4 is 0 Å². The number of carbonyl (C=O) groups excluding carboxylic acids is 2. The van der Waals surface area contributed by atoms with Crippen molar-refractivity contribution in [2.75, 3.05) is 13.7 Å². The molecule has 0 aliphatic rings. The number of methoxy groups -OCH3 is 1. The third kappa shape index (κ3) is 4.24. The predicted molar refractivity (Wildman–Crippen MR) is 74.3 cm³/mol. The molecule has 0 atom stereocenters. The van der Waals surface area contributed by atoms with Crippen molar-refractivity contribution in [3.8, 4) is 0 Å². The van der Waals surface area contributed by atoms with Gasteiger partial charge >= 0.3 is 5.97 Å². The second-order valence-electron chi connectivity index (χ2n) is 4.40. The molecule has 5 heteroatoms. The van der Waals surface area contributed by atoms with Crippen LogP contribution in [0.15, 0.2) is 24.3 Å². The molecular weight excluding hydrogens is 266 g/mol. The van der Waals surface area contributed by atoms with E-state index in [4.69, 9.17) is 11.6 Å². The van der Waals surface area contributed by atoms with Gasteiger partial charge in [0.2, 0.25) is 0 Å². The number of halogens is 1. The van der Waals surface area contributed by atoms with Gasteiger partial charge in [-0.25, -0.2) is 0 Å². The van der Waals surface area contributed by atoms with Gasteiger partial charge in [0.25, 0.3) is 5.91 Å². The fraction of sp³-hybridized carbons (Fsp3) is 0.429. The van der Waals surface area contributed by atoms with Gasteiger partial charge in [0.1, 0.15) is 0 Å². The molecule has 1 rings (SSSR count). The normalized spacial score (nSPS) is 10.4. The van der Waals surface area contributed by atoms with Crippen LogP contribution in [0.4, 0.5) is 0 Å². The highest BCUT2D eigenvalue weighted by atomic mass is 35.5. The Labute approximate surface area is 118 Å². The van der Waals surface area contributed by atoms with Crippen LogP contribution >= 0.6 is 11.6 Å². The van der Waals surface area contributed by atoms with Gasteiger partial charge in [-0.1, -0.05) is 23.7 Å². The molecule has 1 aromatic rings. The molecular formula is C14H18ClNO3. The van der Waals surface area contributed by atoms with Crippen molar-refractivity contribution in [1.29, 1.82) is 0 Å². The van der Waals surface area contributed by atoms with Crippen LogP contribution in [0.3, 0.4) is 0 Å². The lowest BCUT2D eigenvalue weighted by atomic mass is 10.1. The van der Waals surface area contributed by atoms with E-state index in [1.54, 1.807) is 29.2 Å². The van der Waals surface area contributed by atoms with Crippen molar-refractivity contribution in [2.45, 2.75) is 26.3 Å². The largest absolute Gasteiger partial charge is 0.469 e. The quantitative estimate of drug-likeness (QED) is 0.781. The van der Waals surface area contributed by atoms with Crippen LogP contribution in [0.5, 0.6) is 0 Å². The van der Waals surface area contributed by atoms with Crippen LogP contribution in [0, 0.1) is 0 Å². The van der Waals surface area contributed by atoms with Crippen LogP contribution in [0.1, 0.15) is 30.6 Å². The summed E-state index contributed by atoms with van der Waals surface area (Å²) >= 11 is 6.02. The summed E-state index contributed by atoms with van der Waals surface area (Å²) in [7, 11) is 1.33. The summed E-state index contributed by atoms with van der Waals surface area (Å²) in [5, 5.41) is 0.413. The molecule has 0 spiro atoms. The molecule has 0 aliphatic heterocycles. The number of nitrogens with zero attached hydrogens (tertiary/aromatic N) is 1. The lowest BCUT2D eigenvalue weighted by Gasteiger charge is -2.26. The maximum atomic E-state index is 12.4. The zero-order valence-electron chi connectivity index (χ0n) is 11.4. The standard InChI is InChI=1S/C14H18ClNO3/c1-10(2)16(9-8-13(17)19-3)14(18)11-6-4-5-7-12(11)15/h4-7,10H,8-9H2,1-3H3. The molecule has 0 N–H and O–H groups in total. The van der Waals surface area contributed by atoms with Gasteiger partial charge in [0, 0.05) is 12.6 Å². The first-order valence-electron chi connectivity index (χ1n) is 6.09. The minimum absolute atomic E-state index is 0.0200. The van der Waals surface area contributed by atoms with Crippen molar-refractivity contribution < 1.29 is 14.3 Å². The highest BCUT2D eigenvalue weighted by Crippen LogP contribution is 2.18. The molecule has 19 heavy (non-hydrogen) atoms. The summed E-state index contributed by atoms with van der Waals surface area (Å²) in [6.07, 6.45) is 0.172. The van der Waals surface area contributed by atoms with E-state index in [1.807, 2.05) is 13.8 Å². The third-order valence-electron chi connectivity index (χ3n) is 2.77. The molecule has 0 saturated carbocycles. The van der Waals surface area contributed by atoms with Gasteiger partial charge in [-0.15, -0.1) is 0 Å². The molecule has 1 aromatic carbocycles. The number of rotatable bonds is 5. The first kappa shape index (κ1) is 15.5. The number of ether oxygens (including phenoxy) is 1. The highest BCUT2D eigenvalue weighted by Gasteiger charge is 2.21. The monoisotopic (exact) mass is 283 g/mol. The first-order valence-corrected chi connectivity index (χ1v) is 6.47. The fourth-order valence-electron chi connectivity index (χ4n) is 1.70. The van der Waals surface area contributed by atoms with Crippen molar-refractivity contribution in [1.82, 2.24) is 4.90 Å². The zero-order chi connectivity index (χ0) is 14.4. The van der Waals surface area contributed by atoms with Gasteiger partial charge in [-0.3, -0.25) is 9.59 Å². The molecule has 0 aromatic heterocycles. The van der Waals surface area contributed by atoms with Crippen LogP contribution in [-0.4, -0.2) is 36.5 Å². The maximum Gasteiger partial charge on any atom is 0.307 e. The minimum Gasteiger partial charge on any atom is -0.469 e. The smallest absolute Gasteiger partial charge is 0.307 e. The van der Waals surface area contributed by atoms with Crippen molar-refractivity contribution in [2.24, 2.45) is 0 Å². The molecule has 0 radical (unpaired) electrons. The molecule has 0 heterocycles. The molecule has 0 saturated heterocycles. The van der Waals surface area contributed by atoms with Gasteiger partial charge in [0.15, 0.2) is 0 Å². The summed E-state index contributed by atoms with van der Waals surface area (Å²) in [4.78, 5) is 25.2. The van der Waals surface area contributed by atoms with Gasteiger partial charge in [-0.05, 0) is 26.0 Å². The number of hydrogen-bond acceptors (Lipinski definition) is 3. The van der Waals surface area contributed by atoms with E-state index in [-0.39, 0.29) is 24.3 Å². The number of carbonyl (C=O) groups is 2. The van der Waals surface area contributed by atoms with Gasteiger partial charge in [0.05, 0.1) is 24.1 Å². The predicted octanol–water partition coefficient (Wildman–Crippen LogP) is 2.75. The van der Waals surface area contributed by atoms with Gasteiger partial charge < -0.3 is 9.64 Å². The molecule has 0 unspecified atom stereocenters. The van der Waals surface area contributed by atoms with Crippen LogP contribution in [0.2, 0.25) is 5.02 Å². The van der Waals surface area contributed by atoms with E-state index in [9.17, 15) is 9.59 Å². The van der Waals surface area contributed by atoms with E-state index in [0.29, 0.717) is 17.1 Å². The Morgan fingerprint density at radius 3 is 2.47 bits per heavy atom. The third-order valence-corrected chi connectivity index (χ3v) is 3.10. The lowest BCUT2D eigenvalue weighted by Crippen LogP contribution is -2.38. The molecule has 104 valence electrons. The zero-order valence-corrected chi connectivity index (χ0v) is 12.1. The number of hydrogen-bond donors (Lipinski definition) is 0. The van der Waals surface area contributed by atoms with Crippen molar-refractivity contribution >= 4 is 23.5 Å². The van der Waals surface area contributed by atoms with E-state index in [0.717, 1.165) is 0 Å². The average Bonchev–Trinajstić information content (AvgIpc) is 2.38. The fourth-order valence-corrected chi connectivity index (χ4v) is 1.91. The number of amides is 1. The molecule has 0 aliphatic carbocycles. The summed E-state index contributed by atoms with van der Waals surface area (Å²) < 4.78 is 4.59. The minimum atomic E-state index is -0.336. The maximum absolute atomic E-state index is 12.4. The summed E-state index contributed by atoms with van der Waals surface area (Å²) in [5.41, 5.74) is 0.447. The second-order valence-corrected chi connectivity index (χ2v) is 4.81. The average molecular weight is 284 g/mol. The summed E-state index contributed by atoms with van der Waals surface area (Å²) in [6.45, 7) is 4.10. The SMILES string of the molecule is COC(=O)CCN(C(=O)c1ccccc1Cl)C(C)C. The van der Waals surface area contributed by atoms with E-state index >= 15 is 0 Å². The molecule has 0 bridgehead atoms. The Hall–Kier alpha value is -1.55. The Kier molecular flexibility index (Phi) is 5.83. The van der Waals surface area contributed by atoms with Crippen molar-refractivity contribution in [3.05, 3.63) is 34.9 Å². The van der Waals surface area contributed by atoms with Gasteiger partial charge in [-0.2, -0.15) is 0 Å². The Bertz CT molecular complexity index is 460. The Morgan fingerprint density at radius 1 is 1.32 bits per heavy atom. The number of benzene rings is 1. The molecule has 4 nitrogen and oxygen atoms in total. The highest BCUT2D eigenvalue weighted by molar-refractivity contribution is 6.33. The van der Waals surface area contributed by atoms with Crippen LogP contribution in [0.25, 0.3) is 0 Å². The van der Waals surface area contributed by atoms with Crippen LogP contribution in [-0.2, 0) is 9.53 Å². The molecule has 1 amide bonds. The molecule has 0 fully saturated rings. The Balaban J connectivity index is 2.85.